The lowest BCUT2D eigenvalue weighted by molar-refractivity contribution is -0.142. The van der Waals surface area contributed by atoms with E-state index in [1.165, 1.54) is 0 Å². The van der Waals surface area contributed by atoms with Crippen LogP contribution in [0.15, 0.2) is 18.2 Å². The van der Waals surface area contributed by atoms with Crippen molar-refractivity contribution in [1.82, 2.24) is 5.32 Å². The van der Waals surface area contributed by atoms with Gasteiger partial charge in [0.15, 0.2) is 6.04 Å². The molecule has 132 valence electrons. The number of aryl methyl sites for hydroxylation is 1. The fourth-order valence-corrected chi connectivity index (χ4v) is 2.75. The van der Waals surface area contributed by atoms with E-state index in [2.05, 4.69) is 5.32 Å². The topological polar surface area (TPSA) is 84.9 Å². The minimum absolute atomic E-state index is 0.120. The zero-order valence-electron chi connectivity index (χ0n) is 14.2. The third kappa shape index (κ3) is 5.04. The van der Waals surface area contributed by atoms with Gasteiger partial charge in [-0.25, -0.2) is 4.79 Å². The first-order chi connectivity index (χ1) is 11.5. The molecule has 2 atom stereocenters. The van der Waals surface area contributed by atoms with Crippen molar-refractivity contribution < 1.29 is 24.2 Å². The van der Waals surface area contributed by atoms with Crippen molar-refractivity contribution in [3.8, 4) is 0 Å². The molecule has 0 saturated carbocycles. The second-order valence-electron chi connectivity index (χ2n) is 6.09. The van der Waals surface area contributed by atoms with Gasteiger partial charge in [0.05, 0.1) is 19.3 Å². The average Bonchev–Trinajstić information content (AvgIpc) is 3.05. The number of rotatable bonds is 8. The van der Waals surface area contributed by atoms with Crippen LogP contribution in [0, 0.1) is 13.8 Å². The first-order valence-electron chi connectivity index (χ1n) is 8.26. The number of aliphatic carboxylic acids is 1. The number of carboxylic acids is 1. The second-order valence-corrected chi connectivity index (χ2v) is 6.09. The summed E-state index contributed by atoms with van der Waals surface area (Å²) in [6.45, 7) is 5.28. The SMILES string of the molecule is Cc1cccc(C(NC(=O)CCOCC2CCCO2)C(=O)O)c1C. The first kappa shape index (κ1) is 18.4. The Bertz CT molecular complexity index is 581. The van der Waals surface area contributed by atoms with E-state index in [1.807, 2.05) is 19.9 Å². The Kier molecular flexibility index (Phi) is 6.75. The molecule has 1 aliphatic heterocycles. The smallest absolute Gasteiger partial charge is 0.330 e. The number of ether oxygens (including phenoxy) is 2. The van der Waals surface area contributed by atoms with E-state index in [1.54, 1.807) is 12.1 Å². The highest BCUT2D eigenvalue weighted by atomic mass is 16.5. The van der Waals surface area contributed by atoms with Gasteiger partial charge in [0.1, 0.15) is 0 Å². The van der Waals surface area contributed by atoms with E-state index in [9.17, 15) is 14.7 Å². The van der Waals surface area contributed by atoms with Gasteiger partial charge < -0.3 is 19.9 Å². The minimum atomic E-state index is -1.07. The number of benzene rings is 1. The van der Waals surface area contributed by atoms with Crippen molar-refractivity contribution in [3.05, 3.63) is 34.9 Å². The maximum Gasteiger partial charge on any atom is 0.330 e. The van der Waals surface area contributed by atoms with Crippen LogP contribution in [0.25, 0.3) is 0 Å². The monoisotopic (exact) mass is 335 g/mol. The highest BCUT2D eigenvalue weighted by molar-refractivity contribution is 5.84. The fraction of sp³-hybridized carbons (Fsp3) is 0.556. The number of amides is 1. The van der Waals surface area contributed by atoms with Gasteiger partial charge in [-0.15, -0.1) is 0 Å². The highest BCUT2D eigenvalue weighted by Crippen LogP contribution is 2.21. The Labute approximate surface area is 142 Å². The van der Waals surface area contributed by atoms with Crippen LogP contribution >= 0.6 is 0 Å². The zero-order valence-corrected chi connectivity index (χ0v) is 14.2. The van der Waals surface area contributed by atoms with E-state index in [-0.39, 0.29) is 25.0 Å². The van der Waals surface area contributed by atoms with Crippen LogP contribution < -0.4 is 5.32 Å². The molecular weight excluding hydrogens is 310 g/mol. The predicted octanol–water partition coefficient (Wildman–Crippen LogP) is 2.13. The third-order valence-electron chi connectivity index (χ3n) is 4.31. The van der Waals surface area contributed by atoms with Crippen LogP contribution in [-0.4, -0.2) is 42.9 Å². The molecule has 0 radical (unpaired) electrons. The first-order valence-corrected chi connectivity index (χ1v) is 8.26. The van der Waals surface area contributed by atoms with Gasteiger partial charge >= 0.3 is 5.97 Å². The lowest BCUT2D eigenvalue weighted by Crippen LogP contribution is -2.35. The summed E-state index contributed by atoms with van der Waals surface area (Å²) in [5, 5.41) is 12.0. The third-order valence-corrected chi connectivity index (χ3v) is 4.31. The van der Waals surface area contributed by atoms with Crippen LogP contribution in [0.4, 0.5) is 0 Å². The van der Waals surface area contributed by atoms with Gasteiger partial charge in [0, 0.05) is 13.0 Å². The molecule has 1 aromatic carbocycles. The molecule has 0 bridgehead atoms. The van der Waals surface area contributed by atoms with E-state index in [0.29, 0.717) is 12.2 Å². The maximum atomic E-state index is 12.0. The van der Waals surface area contributed by atoms with Gasteiger partial charge in [-0.2, -0.15) is 0 Å². The molecule has 0 aromatic heterocycles. The number of carboxylic acid groups (broad SMARTS) is 1. The van der Waals surface area contributed by atoms with Crippen molar-refractivity contribution in [2.24, 2.45) is 0 Å². The molecule has 2 N–H and O–H groups in total. The van der Waals surface area contributed by atoms with E-state index in [0.717, 1.165) is 30.6 Å². The largest absolute Gasteiger partial charge is 0.479 e. The van der Waals surface area contributed by atoms with Crippen LogP contribution in [0.1, 0.15) is 42.0 Å². The van der Waals surface area contributed by atoms with Gasteiger partial charge in [-0.1, -0.05) is 18.2 Å². The molecule has 1 aromatic rings. The normalized spacial score (nSPS) is 18.3. The van der Waals surface area contributed by atoms with Gasteiger partial charge in [0.25, 0.3) is 0 Å². The summed E-state index contributed by atoms with van der Waals surface area (Å²) >= 11 is 0. The van der Waals surface area contributed by atoms with E-state index in [4.69, 9.17) is 9.47 Å². The van der Waals surface area contributed by atoms with Crippen molar-refractivity contribution in [1.29, 1.82) is 0 Å². The summed E-state index contributed by atoms with van der Waals surface area (Å²) in [6.07, 6.45) is 2.28. The number of nitrogens with one attached hydrogen (secondary N) is 1. The molecular formula is C18H25NO5. The summed E-state index contributed by atoms with van der Waals surface area (Å²) in [5.41, 5.74) is 2.48. The van der Waals surface area contributed by atoms with Crippen LogP contribution in [0.5, 0.6) is 0 Å². The minimum Gasteiger partial charge on any atom is -0.479 e. The molecule has 2 unspecified atom stereocenters. The Balaban J connectivity index is 1.84. The van der Waals surface area contributed by atoms with Crippen molar-refractivity contribution in [3.63, 3.8) is 0 Å². The quantitative estimate of drug-likeness (QED) is 0.711. The highest BCUT2D eigenvalue weighted by Gasteiger charge is 2.24. The lowest BCUT2D eigenvalue weighted by atomic mass is 9.97. The number of carbonyl (C=O) groups excluding carboxylic acids is 1. The maximum absolute atomic E-state index is 12.0. The van der Waals surface area contributed by atoms with Crippen molar-refractivity contribution >= 4 is 11.9 Å². The molecule has 1 fully saturated rings. The summed E-state index contributed by atoms with van der Waals surface area (Å²) in [6, 6.07) is 4.40. The number of hydrogen-bond donors (Lipinski definition) is 2. The summed E-state index contributed by atoms with van der Waals surface area (Å²) in [4.78, 5) is 23.6. The molecule has 1 heterocycles. The lowest BCUT2D eigenvalue weighted by Gasteiger charge is -2.18. The molecule has 24 heavy (non-hydrogen) atoms. The predicted molar refractivity (Wildman–Crippen MR) is 88.8 cm³/mol. The Hall–Kier alpha value is -1.92. The number of carbonyl (C=O) groups is 2. The Morgan fingerprint density at radius 1 is 1.42 bits per heavy atom. The second kappa shape index (κ2) is 8.80. The molecule has 0 spiro atoms. The van der Waals surface area contributed by atoms with Gasteiger partial charge in [-0.05, 0) is 43.4 Å². The standard InChI is InChI=1S/C18H25NO5/c1-12-5-3-7-15(13(12)2)17(18(21)22)19-16(20)8-10-23-11-14-6-4-9-24-14/h3,5,7,14,17H,4,6,8-11H2,1-2H3,(H,19,20)(H,21,22). The number of hydrogen-bond acceptors (Lipinski definition) is 4. The molecule has 6 nitrogen and oxygen atoms in total. The summed E-state index contributed by atoms with van der Waals surface area (Å²) in [7, 11) is 0. The zero-order chi connectivity index (χ0) is 17.5. The average molecular weight is 335 g/mol. The van der Waals surface area contributed by atoms with Crippen LogP contribution in [0.2, 0.25) is 0 Å². The summed E-state index contributed by atoms with van der Waals surface area (Å²) < 4.78 is 10.9. The van der Waals surface area contributed by atoms with Gasteiger partial charge in [-0.3, -0.25) is 4.79 Å². The summed E-state index contributed by atoms with van der Waals surface area (Å²) in [5.74, 6) is -1.41. The Morgan fingerprint density at radius 3 is 2.88 bits per heavy atom. The van der Waals surface area contributed by atoms with Crippen molar-refractivity contribution in [2.45, 2.75) is 45.3 Å². The molecule has 1 saturated heterocycles. The van der Waals surface area contributed by atoms with Crippen LogP contribution in [-0.2, 0) is 19.1 Å². The molecule has 1 amide bonds. The van der Waals surface area contributed by atoms with Gasteiger partial charge in [0.2, 0.25) is 5.91 Å². The van der Waals surface area contributed by atoms with Crippen molar-refractivity contribution in [2.75, 3.05) is 19.8 Å². The van der Waals surface area contributed by atoms with Crippen LogP contribution in [0.3, 0.4) is 0 Å². The molecule has 2 rings (SSSR count). The Morgan fingerprint density at radius 2 is 2.21 bits per heavy atom. The fourth-order valence-electron chi connectivity index (χ4n) is 2.75. The molecule has 6 heteroatoms. The van der Waals surface area contributed by atoms with E-state index < -0.39 is 12.0 Å². The van der Waals surface area contributed by atoms with E-state index >= 15 is 0 Å². The molecule has 1 aliphatic rings. The molecule has 0 aliphatic carbocycles.